The minimum absolute atomic E-state index is 0.122. The van der Waals surface area contributed by atoms with Crippen LogP contribution in [0, 0.1) is 21.8 Å². The Kier molecular flexibility index (Phi) is 5.59. The first-order valence-corrected chi connectivity index (χ1v) is 6.62. The van der Waals surface area contributed by atoms with Crippen LogP contribution in [0.4, 0.5) is 10.1 Å². The van der Waals surface area contributed by atoms with Gasteiger partial charge in [0.05, 0.1) is 11.0 Å². The molecule has 0 bridgehead atoms. The third kappa shape index (κ3) is 3.98. The fourth-order valence-corrected chi connectivity index (χ4v) is 2.09. The SMILES string of the molecule is CC(C)NC(C(C)C)C(O)c1ccc(F)c([N+](=O)[O-])c1. The zero-order valence-electron chi connectivity index (χ0n) is 12.1. The summed E-state index contributed by atoms with van der Waals surface area (Å²) in [6, 6.07) is 3.39. The Morgan fingerprint density at radius 2 is 1.90 bits per heavy atom. The van der Waals surface area contributed by atoms with Crippen LogP contribution in [0.5, 0.6) is 0 Å². The van der Waals surface area contributed by atoms with E-state index in [0.717, 1.165) is 12.1 Å². The second-order valence-corrected chi connectivity index (χ2v) is 5.50. The fraction of sp³-hybridized carbons (Fsp3) is 0.571. The minimum atomic E-state index is -0.934. The van der Waals surface area contributed by atoms with Gasteiger partial charge in [0.2, 0.25) is 5.82 Å². The average Bonchev–Trinajstić information content (AvgIpc) is 2.34. The molecule has 6 heteroatoms. The Bertz CT molecular complexity index is 477. The van der Waals surface area contributed by atoms with E-state index >= 15 is 0 Å². The van der Waals surface area contributed by atoms with Gasteiger partial charge in [0.25, 0.3) is 0 Å². The molecule has 5 nitrogen and oxygen atoms in total. The van der Waals surface area contributed by atoms with Crippen molar-refractivity contribution in [3.8, 4) is 0 Å². The summed E-state index contributed by atoms with van der Waals surface area (Å²) in [6.45, 7) is 7.80. The molecule has 1 aromatic rings. The highest BCUT2D eigenvalue weighted by Crippen LogP contribution is 2.27. The van der Waals surface area contributed by atoms with Crippen molar-refractivity contribution in [2.75, 3.05) is 0 Å². The van der Waals surface area contributed by atoms with Crippen LogP contribution < -0.4 is 5.32 Å². The van der Waals surface area contributed by atoms with Gasteiger partial charge in [-0.15, -0.1) is 0 Å². The van der Waals surface area contributed by atoms with Crippen molar-refractivity contribution in [1.82, 2.24) is 5.32 Å². The van der Waals surface area contributed by atoms with Gasteiger partial charge < -0.3 is 10.4 Å². The van der Waals surface area contributed by atoms with E-state index in [1.54, 1.807) is 0 Å². The van der Waals surface area contributed by atoms with Gasteiger partial charge in [-0.1, -0.05) is 33.8 Å². The molecule has 0 aliphatic carbocycles. The Balaban J connectivity index is 3.08. The maximum atomic E-state index is 13.3. The van der Waals surface area contributed by atoms with Crippen molar-refractivity contribution >= 4 is 5.69 Å². The number of hydrogen-bond acceptors (Lipinski definition) is 4. The van der Waals surface area contributed by atoms with Crippen molar-refractivity contribution < 1.29 is 14.4 Å². The van der Waals surface area contributed by atoms with Gasteiger partial charge in [-0.2, -0.15) is 4.39 Å². The third-order valence-corrected chi connectivity index (χ3v) is 3.09. The molecule has 0 heterocycles. The van der Waals surface area contributed by atoms with Crippen LogP contribution in [-0.4, -0.2) is 22.1 Å². The molecular formula is C14H21FN2O3. The molecule has 0 fully saturated rings. The molecule has 0 saturated carbocycles. The lowest BCUT2D eigenvalue weighted by atomic mass is 9.92. The van der Waals surface area contributed by atoms with Crippen LogP contribution in [0.15, 0.2) is 18.2 Å². The summed E-state index contributed by atoms with van der Waals surface area (Å²) in [7, 11) is 0. The number of halogens is 1. The van der Waals surface area contributed by atoms with Crippen LogP contribution in [-0.2, 0) is 0 Å². The minimum Gasteiger partial charge on any atom is -0.387 e. The number of aliphatic hydroxyl groups is 1. The number of rotatable bonds is 6. The lowest BCUT2D eigenvalue weighted by Crippen LogP contribution is -2.43. The molecule has 0 aromatic heterocycles. The molecule has 0 saturated heterocycles. The van der Waals surface area contributed by atoms with E-state index in [1.165, 1.54) is 6.07 Å². The molecule has 2 unspecified atom stereocenters. The van der Waals surface area contributed by atoms with Gasteiger partial charge >= 0.3 is 5.69 Å². The maximum Gasteiger partial charge on any atom is 0.305 e. The second-order valence-electron chi connectivity index (χ2n) is 5.50. The van der Waals surface area contributed by atoms with Crippen molar-refractivity contribution in [1.29, 1.82) is 0 Å². The molecule has 1 aromatic carbocycles. The van der Waals surface area contributed by atoms with Crippen LogP contribution in [0.25, 0.3) is 0 Å². The van der Waals surface area contributed by atoms with Crippen molar-refractivity contribution in [3.05, 3.63) is 39.7 Å². The summed E-state index contributed by atoms with van der Waals surface area (Å²) < 4.78 is 13.3. The van der Waals surface area contributed by atoms with E-state index in [1.807, 2.05) is 27.7 Å². The Morgan fingerprint density at radius 3 is 2.35 bits per heavy atom. The quantitative estimate of drug-likeness (QED) is 0.622. The lowest BCUT2D eigenvalue weighted by Gasteiger charge is -2.29. The number of nitro groups is 1. The first-order chi connectivity index (χ1) is 9.23. The average molecular weight is 284 g/mol. The predicted molar refractivity (Wildman–Crippen MR) is 74.9 cm³/mol. The van der Waals surface area contributed by atoms with Gasteiger partial charge in [0.1, 0.15) is 0 Å². The highest BCUT2D eigenvalue weighted by Gasteiger charge is 2.26. The Labute approximate surface area is 118 Å². The number of hydrogen-bond donors (Lipinski definition) is 2. The summed E-state index contributed by atoms with van der Waals surface area (Å²) in [4.78, 5) is 9.96. The Hall–Kier alpha value is -1.53. The van der Waals surface area contributed by atoms with E-state index in [-0.39, 0.29) is 18.0 Å². The van der Waals surface area contributed by atoms with E-state index in [0.29, 0.717) is 5.56 Å². The highest BCUT2D eigenvalue weighted by molar-refractivity contribution is 5.37. The van der Waals surface area contributed by atoms with Gasteiger partial charge in [-0.05, 0) is 17.5 Å². The molecule has 20 heavy (non-hydrogen) atoms. The molecule has 0 spiro atoms. The molecule has 1 rings (SSSR count). The lowest BCUT2D eigenvalue weighted by molar-refractivity contribution is -0.387. The maximum absolute atomic E-state index is 13.3. The van der Waals surface area contributed by atoms with Crippen LogP contribution >= 0.6 is 0 Å². The zero-order chi connectivity index (χ0) is 15.4. The molecular weight excluding hydrogens is 263 g/mol. The Morgan fingerprint density at radius 1 is 1.30 bits per heavy atom. The summed E-state index contributed by atoms with van der Waals surface area (Å²) >= 11 is 0. The number of nitrogens with zero attached hydrogens (tertiary/aromatic N) is 1. The fourth-order valence-electron chi connectivity index (χ4n) is 2.09. The summed E-state index contributed by atoms with van der Waals surface area (Å²) in [5, 5.41) is 24.4. The largest absolute Gasteiger partial charge is 0.387 e. The molecule has 0 aliphatic heterocycles. The van der Waals surface area contributed by atoms with E-state index in [2.05, 4.69) is 5.32 Å². The van der Waals surface area contributed by atoms with Crippen molar-refractivity contribution in [2.45, 2.75) is 45.9 Å². The summed E-state index contributed by atoms with van der Waals surface area (Å²) in [5.41, 5.74) is -0.279. The molecule has 0 aliphatic rings. The molecule has 112 valence electrons. The molecule has 0 radical (unpaired) electrons. The van der Waals surface area contributed by atoms with Gasteiger partial charge in [-0.25, -0.2) is 0 Å². The topological polar surface area (TPSA) is 75.4 Å². The summed E-state index contributed by atoms with van der Waals surface area (Å²) in [5.74, 6) is -0.777. The van der Waals surface area contributed by atoms with Crippen molar-refractivity contribution in [3.63, 3.8) is 0 Å². The van der Waals surface area contributed by atoms with E-state index in [9.17, 15) is 19.6 Å². The monoisotopic (exact) mass is 284 g/mol. The first-order valence-electron chi connectivity index (χ1n) is 6.62. The normalized spacial score (nSPS) is 14.6. The number of nitrogens with one attached hydrogen (secondary N) is 1. The number of nitro benzene ring substituents is 1. The van der Waals surface area contributed by atoms with Gasteiger partial charge in [0, 0.05) is 18.2 Å². The molecule has 2 N–H and O–H groups in total. The molecule has 0 amide bonds. The van der Waals surface area contributed by atoms with E-state index < -0.39 is 22.5 Å². The van der Waals surface area contributed by atoms with Crippen LogP contribution in [0.2, 0.25) is 0 Å². The van der Waals surface area contributed by atoms with Crippen LogP contribution in [0.3, 0.4) is 0 Å². The van der Waals surface area contributed by atoms with Gasteiger partial charge in [-0.3, -0.25) is 10.1 Å². The third-order valence-electron chi connectivity index (χ3n) is 3.09. The smallest absolute Gasteiger partial charge is 0.305 e. The molecule has 2 atom stereocenters. The number of benzene rings is 1. The standard InChI is InChI=1S/C14H21FN2O3/c1-8(2)13(16-9(3)4)14(18)10-5-6-11(15)12(7-10)17(19)20/h5-9,13-14,16,18H,1-4H3. The summed E-state index contributed by atoms with van der Waals surface area (Å²) in [6.07, 6.45) is -0.934. The van der Waals surface area contributed by atoms with Crippen molar-refractivity contribution in [2.24, 2.45) is 5.92 Å². The second kappa shape index (κ2) is 6.76. The zero-order valence-corrected chi connectivity index (χ0v) is 12.1. The van der Waals surface area contributed by atoms with Crippen LogP contribution in [0.1, 0.15) is 39.4 Å². The number of aliphatic hydroxyl groups excluding tert-OH is 1. The predicted octanol–water partition coefficient (Wildman–Crippen LogP) is 2.79. The first kappa shape index (κ1) is 16.5. The highest BCUT2D eigenvalue weighted by atomic mass is 19.1. The van der Waals surface area contributed by atoms with Gasteiger partial charge in [0.15, 0.2) is 0 Å². The van der Waals surface area contributed by atoms with E-state index in [4.69, 9.17) is 0 Å².